The molecule has 2 saturated heterocycles. The second-order valence-electron chi connectivity index (χ2n) is 6.59. The largest absolute Gasteiger partial charge is 0.491 e. The summed E-state index contributed by atoms with van der Waals surface area (Å²) in [5.41, 5.74) is 6.26. The number of urea groups is 1. The molecular formula is C18H25N3O4. The van der Waals surface area contributed by atoms with Gasteiger partial charge in [0.2, 0.25) is 5.91 Å². The van der Waals surface area contributed by atoms with E-state index in [4.69, 9.17) is 15.2 Å². The molecule has 7 heteroatoms. The Balaban J connectivity index is 1.45. The summed E-state index contributed by atoms with van der Waals surface area (Å²) < 4.78 is 11.3. The maximum absolute atomic E-state index is 12.2. The summed E-state index contributed by atoms with van der Waals surface area (Å²) in [4.78, 5) is 25.0. The maximum Gasteiger partial charge on any atom is 0.317 e. The van der Waals surface area contributed by atoms with Gasteiger partial charge in [0, 0.05) is 26.2 Å². The lowest BCUT2D eigenvalue weighted by atomic mass is 10.1. The summed E-state index contributed by atoms with van der Waals surface area (Å²) in [6, 6.07) is 7.50. The molecule has 0 bridgehead atoms. The van der Waals surface area contributed by atoms with Gasteiger partial charge < -0.3 is 25.4 Å². The summed E-state index contributed by atoms with van der Waals surface area (Å²) in [5, 5.41) is 2.88. The molecule has 2 aliphatic heterocycles. The average molecular weight is 347 g/mol. The van der Waals surface area contributed by atoms with Crippen molar-refractivity contribution in [2.24, 2.45) is 11.7 Å². The highest BCUT2D eigenvalue weighted by Gasteiger charge is 2.29. The summed E-state index contributed by atoms with van der Waals surface area (Å²) in [7, 11) is 0. The summed E-state index contributed by atoms with van der Waals surface area (Å²) >= 11 is 0. The first-order valence-corrected chi connectivity index (χ1v) is 8.77. The molecule has 7 nitrogen and oxygen atoms in total. The molecule has 0 spiro atoms. The fraction of sp³-hybridized carbons (Fsp3) is 0.556. The van der Waals surface area contributed by atoms with Gasteiger partial charge in [-0.15, -0.1) is 0 Å². The number of carbonyl (C=O) groups excluding carboxylic acids is 2. The predicted octanol–water partition coefficient (Wildman–Crippen LogP) is 1.26. The SMILES string of the molecule is NC(=O)C1CCN(C(=O)NCc2cccc(OCC3CCCO3)c2)C1. The van der Waals surface area contributed by atoms with E-state index in [0.29, 0.717) is 32.7 Å². The van der Waals surface area contributed by atoms with Gasteiger partial charge in [0.1, 0.15) is 12.4 Å². The van der Waals surface area contributed by atoms with Crippen LogP contribution in [0.2, 0.25) is 0 Å². The quantitative estimate of drug-likeness (QED) is 0.810. The molecule has 3 rings (SSSR count). The van der Waals surface area contributed by atoms with E-state index >= 15 is 0 Å². The minimum atomic E-state index is -0.341. The normalized spacial score (nSPS) is 22.8. The molecule has 2 atom stereocenters. The van der Waals surface area contributed by atoms with Crippen LogP contribution >= 0.6 is 0 Å². The van der Waals surface area contributed by atoms with Crippen LogP contribution in [-0.2, 0) is 16.1 Å². The number of carbonyl (C=O) groups is 2. The molecule has 136 valence electrons. The lowest BCUT2D eigenvalue weighted by molar-refractivity contribution is -0.121. The minimum absolute atomic E-state index is 0.172. The highest BCUT2D eigenvalue weighted by Crippen LogP contribution is 2.18. The number of likely N-dealkylation sites (tertiary alicyclic amines) is 1. The molecule has 1 aromatic carbocycles. The number of hydrogen-bond donors (Lipinski definition) is 2. The van der Waals surface area contributed by atoms with Crippen molar-refractivity contribution in [1.82, 2.24) is 10.2 Å². The third-order valence-electron chi connectivity index (χ3n) is 4.68. The Hall–Kier alpha value is -2.28. The molecule has 0 radical (unpaired) electrons. The van der Waals surface area contributed by atoms with E-state index in [9.17, 15) is 9.59 Å². The van der Waals surface area contributed by atoms with Gasteiger partial charge >= 0.3 is 6.03 Å². The number of nitrogens with zero attached hydrogens (tertiary/aromatic N) is 1. The van der Waals surface area contributed by atoms with Crippen molar-refractivity contribution < 1.29 is 19.1 Å². The molecule has 0 aliphatic carbocycles. The number of rotatable bonds is 6. The number of benzene rings is 1. The van der Waals surface area contributed by atoms with Crippen LogP contribution in [0.1, 0.15) is 24.8 Å². The van der Waals surface area contributed by atoms with Crippen LogP contribution in [0.5, 0.6) is 5.75 Å². The fourth-order valence-electron chi connectivity index (χ4n) is 3.18. The van der Waals surface area contributed by atoms with E-state index in [0.717, 1.165) is 30.8 Å². The Kier molecular flexibility index (Phi) is 5.75. The van der Waals surface area contributed by atoms with Gasteiger partial charge in [-0.1, -0.05) is 12.1 Å². The number of nitrogens with two attached hydrogens (primary N) is 1. The Labute approximate surface area is 147 Å². The van der Waals surface area contributed by atoms with E-state index in [-0.39, 0.29) is 24.0 Å². The van der Waals surface area contributed by atoms with Crippen LogP contribution in [0.25, 0.3) is 0 Å². The summed E-state index contributed by atoms with van der Waals surface area (Å²) in [5.74, 6) is 0.198. The zero-order valence-electron chi connectivity index (χ0n) is 14.3. The summed E-state index contributed by atoms with van der Waals surface area (Å²) in [6.45, 7) is 2.73. The van der Waals surface area contributed by atoms with Gasteiger partial charge in [-0.05, 0) is 37.0 Å². The van der Waals surface area contributed by atoms with Gasteiger partial charge in [-0.25, -0.2) is 4.79 Å². The molecule has 0 aromatic heterocycles. The van der Waals surface area contributed by atoms with Crippen LogP contribution in [0.3, 0.4) is 0 Å². The number of nitrogens with one attached hydrogen (secondary N) is 1. The van der Waals surface area contributed by atoms with Crippen molar-refractivity contribution in [2.45, 2.75) is 31.9 Å². The zero-order chi connectivity index (χ0) is 17.6. The van der Waals surface area contributed by atoms with Crippen molar-refractivity contribution in [2.75, 3.05) is 26.3 Å². The van der Waals surface area contributed by atoms with Crippen molar-refractivity contribution in [1.29, 1.82) is 0 Å². The number of hydrogen-bond acceptors (Lipinski definition) is 4. The second kappa shape index (κ2) is 8.20. The van der Waals surface area contributed by atoms with Crippen LogP contribution in [0.4, 0.5) is 4.79 Å². The number of amides is 3. The average Bonchev–Trinajstić information content (AvgIpc) is 3.30. The van der Waals surface area contributed by atoms with E-state index in [1.54, 1.807) is 4.90 Å². The molecule has 2 heterocycles. The van der Waals surface area contributed by atoms with Crippen molar-refractivity contribution in [3.8, 4) is 5.75 Å². The zero-order valence-corrected chi connectivity index (χ0v) is 14.3. The molecule has 2 fully saturated rings. The van der Waals surface area contributed by atoms with Gasteiger partial charge in [0.15, 0.2) is 0 Å². The Morgan fingerprint density at radius 1 is 1.36 bits per heavy atom. The first-order chi connectivity index (χ1) is 12.1. The van der Waals surface area contributed by atoms with E-state index in [2.05, 4.69) is 5.32 Å². The van der Waals surface area contributed by atoms with Crippen LogP contribution in [0.15, 0.2) is 24.3 Å². The van der Waals surface area contributed by atoms with Crippen molar-refractivity contribution >= 4 is 11.9 Å². The van der Waals surface area contributed by atoms with Crippen molar-refractivity contribution in [3.63, 3.8) is 0 Å². The molecule has 3 N–H and O–H groups in total. The predicted molar refractivity (Wildman–Crippen MR) is 92.0 cm³/mol. The van der Waals surface area contributed by atoms with Crippen LogP contribution in [-0.4, -0.2) is 49.2 Å². The first-order valence-electron chi connectivity index (χ1n) is 8.77. The molecule has 1 aromatic rings. The van der Waals surface area contributed by atoms with Crippen LogP contribution in [0, 0.1) is 5.92 Å². The maximum atomic E-state index is 12.2. The summed E-state index contributed by atoms with van der Waals surface area (Å²) in [6.07, 6.45) is 2.94. The molecule has 3 amide bonds. The Bertz CT molecular complexity index is 616. The van der Waals surface area contributed by atoms with Crippen LogP contribution < -0.4 is 15.8 Å². The van der Waals surface area contributed by atoms with Crippen molar-refractivity contribution in [3.05, 3.63) is 29.8 Å². The Morgan fingerprint density at radius 3 is 2.96 bits per heavy atom. The van der Waals surface area contributed by atoms with Gasteiger partial charge in [-0.2, -0.15) is 0 Å². The molecule has 25 heavy (non-hydrogen) atoms. The second-order valence-corrected chi connectivity index (χ2v) is 6.59. The topological polar surface area (TPSA) is 93.9 Å². The minimum Gasteiger partial charge on any atom is -0.491 e. The number of ether oxygens (including phenoxy) is 2. The van der Waals surface area contributed by atoms with E-state index in [1.807, 2.05) is 24.3 Å². The molecule has 2 aliphatic rings. The van der Waals surface area contributed by atoms with Gasteiger partial charge in [-0.3, -0.25) is 4.79 Å². The monoisotopic (exact) mass is 347 g/mol. The molecular weight excluding hydrogens is 322 g/mol. The lowest BCUT2D eigenvalue weighted by Crippen LogP contribution is -2.39. The molecule has 0 saturated carbocycles. The molecule has 2 unspecified atom stereocenters. The lowest BCUT2D eigenvalue weighted by Gasteiger charge is -2.17. The standard InChI is InChI=1S/C18H25N3O4/c19-17(22)14-6-7-21(11-14)18(23)20-10-13-3-1-4-15(9-13)25-12-16-5-2-8-24-16/h1,3-4,9,14,16H,2,5-8,10-12H2,(H2,19,22)(H,20,23). The third kappa shape index (κ3) is 4.85. The van der Waals surface area contributed by atoms with Gasteiger partial charge in [0.25, 0.3) is 0 Å². The Morgan fingerprint density at radius 2 is 2.24 bits per heavy atom. The highest BCUT2D eigenvalue weighted by atomic mass is 16.5. The smallest absolute Gasteiger partial charge is 0.317 e. The number of primary amides is 1. The third-order valence-corrected chi connectivity index (χ3v) is 4.68. The van der Waals surface area contributed by atoms with E-state index in [1.165, 1.54) is 0 Å². The fourth-order valence-corrected chi connectivity index (χ4v) is 3.18. The highest BCUT2D eigenvalue weighted by molar-refractivity contribution is 5.80. The van der Waals surface area contributed by atoms with E-state index < -0.39 is 0 Å². The van der Waals surface area contributed by atoms with Gasteiger partial charge in [0.05, 0.1) is 12.0 Å². The first kappa shape index (κ1) is 17.5.